The van der Waals surface area contributed by atoms with Gasteiger partial charge in [-0.1, -0.05) is 12.1 Å². The average molecular weight is 329 g/mol. The number of rotatable bonds is 5. The molecule has 1 saturated heterocycles. The van der Waals surface area contributed by atoms with Gasteiger partial charge in [-0.2, -0.15) is 0 Å². The van der Waals surface area contributed by atoms with Crippen LogP contribution in [0.5, 0.6) is 0 Å². The molecule has 1 aromatic carbocycles. The molecule has 24 heavy (non-hydrogen) atoms. The monoisotopic (exact) mass is 329 g/mol. The molecule has 7 heteroatoms. The number of hydrogen-bond acceptors (Lipinski definition) is 6. The molecule has 0 aliphatic carbocycles. The van der Waals surface area contributed by atoms with E-state index in [-0.39, 0.29) is 18.2 Å². The van der Waals surface area contributed by atoms with E-state index in [1.807, 2.05) is 24.3 Å². The summed E-state index contributed by atoms with van der Waals surface area (Å²) in [7, 11) is 1.30. The SMILES string of the molecule is COC(=O)[C@H](Cc1cnc2ccccc2n1)NC(=O)[C@@H]1CCOC1. The number of amides is 1. The minimum absolute atomic E-state index is 0.198. The second-order valence-corrected chi connectivity index (χ2v) is 5.70. The zero-order valence-electron chi connectivity index (χ0n) is 13.4. The predicted molar refractivity (Wildman–Crippen MR) is 86.1 cm³/mol. The van der Waals surface area contributed by atoms with Crippen LogP contribution in [0.1, 0.15) is 12.1 Å². The second-order valence-electron chi connectivity index (χ2n) is 5.70. The van der Waals surface area contributed by atoms with Gasteiger partial charge in [-0.25, -0.2) is 9.78 Å². The number of carbonyl (C=O) groups excluding carboxylic acids is 2. The maximum atomic E-state index is 12.2. The fourth-order valence-corrected chi connectivity index (χ4v) is 2.67. The molecule has 0 bridgehead atoms. The standard InChI is InChI=1S/C17H19N3O4/c1-23-17(22)15(20-16(21)11-6-7-24-10-11)8-12-9-18-13-4-2-3-5-14(13)19-12/h2-5,9,11,15H,6-8,10H2,1H3,(H,20,21)/t11-,15+/m1/s1. The van der Waals surface area contributed by atoms with Crippen LogP contribution in [0.4, 0.5) is 0 Å². The molecule has 1 aromatic heterocycles. The lowest BCUT2D eigenvalue weighted by Crippen LogP contribution is -2.45. The van der Waals surface area contributed by atoms with Crippen LogP contribution in [0.2, 0.25) is 0 Å². The molecular weight excluding hydrogens is 310 g/mol. The normalized spacial score (nSPS) is 18.3. The summed E-state index contributed by atoms with van der Waals surface area (Å²) in [6.45, 7) is 0.951. The number of fused-ring (bicyclic) bond motifs is 1. The summed E-state index contributed by atoms with van der Waals surface area (Å²) in [5.41, 5.74) is 2.14. The summed E-state index contributed by atoms with van der Waals surface area (Å²) in [4.78, 5) is 33.1. The number of nitrogens with zero attached hydrogens (tertiary/aromatic N) is 2. The quantitative estimate of drug-likeness (QED) is 0.819. The van der Waals surface area contributed by atoms with Gasteiger partial charge in [0.2, 0.25) is 5.91 Å². The molecule has 2 atom stereocenters. The third-order valence-corrected chi connectivity index (χ3v) is 4.01. The lowest BCUT2D eigenvalue weighted by atomic mass is 10.1. The van der Waals surface area contributed by atoms with Gasteiger partial charge in [0.05, 0.1) is 36.4 Å². The molecular formula is C17H19N3O4. The Labute approximate surface area is 139 Å². The first-order valence-electron chi connectivity index (χ1n) is 7.84. The molecule has 1 aliphatic rings. The number of nitrogens with one attached hydrogen (secondary N) is 1. The van der Waals surface area contributed by atoms with Crippen LogP contribution in [0.3, 0.4) is 0 Å². The van der Waals surface area contributed by atoms with Crippen LogP contribution in [0.15, 0.2) is 30.5 Å². The lowest BCUT2D eigenvalue weighted by Gasteiger charge is -2.18. The van der Waals surface area contributed by atoms with E-state index in [4.69, 9.17) is 9.47 Å². The Morgan fingerprint density at radius 2 is 2.17 bits per heavy atom. The summed E-state index contributed by atoms with van der Waals surface area (Å²) in [5, 5.41) is 2.74. The van der Waals surface area contributed by atoms with Crippen LogP contribution in [-0.4, -0.2) is 48.2 Å². The Morgan fingerprint density at radius 3 is 2.88 bits per heavy atom. The molecule has 0 unspecified atom stereocenters. The molecule has 1 amide bonds. The summed E-state index contributed by atoms with van der Waals surface area (Å²) < 4.78 is 10.0. The molecule has 0 radical (unpaired) electrons. The van der Waals surface area contributed by atoms with E-state index in [2.05, 4.69) is 15.3 Å². The zero-order valence-corrected chi connectivity index (χ0v) is 13.4. The fourth-order valence-electron chi connectivity index (χ4n) is 2.67. The maximum Gasteiger partial charge on any atom is 0.328 e. The number of methoxy groups -OCH3 is 1. The van der Waals surface area contributed by atoms with Crippen LogP contribution >= 0.6 is 0 Å². The van der Waals surface area contributed by atoms with Crippen molar-refractivity contribution in [3.63, 3.8) is 0 Å². The van der Waals surface area contributed by atoms with Gasteiger partial charge in [-0.3, -0.25) is 9.78 Å². The van der Waals surface area contributed by atoms with Crippen molar-refractivity contribution in [2.24, 2.45) is 5.92 Å². The van der Waals surface area contributed by atoms with Crippen molar-refractivity contribution >= 4 is 22.9 Å². The van der Waals surface area contributed by atoms with Gasteiger partial charge < -0.3 is 14.8 Å². The fraction of sp³-hybridized carbons (Fsp3) is 0.412. The first-order valence-corrected chi connectivity index (χ1v) is 7.84. The Kier molecular flexibility index (Phi) is 5.00. The molecule has 3 rings (SSSR count). The zero-order chi connectivity index (χ0) is 16.9. The van der Waals surface area contributed by atoms with Crippen LogP contribution < -0.4 is 5.32 Å². The number of carbonyl (C=O) groups is 2. The average Bonchev–Trinajstić information content (AvgIpc) is 3.15. The van der Waals surface area contributed by atoms with Gasteiger partial charge in [-0.15, -0.1) is 0 Å². The van der Waals surface area contributed by atoms with Crippen LogP contribution in [0.25, 0.3) is 11.0 Å². The third kappa shape index (κ3) is 3.68. The molecule has 7 nitrogen and oxygen atoms in total. The summed E-state index contributed by atoms with van der Waals surface area (Å²) in [5.74, 6) is -0.922. The van der Waals surface area contributed by atoms with Crippen molar-refractivity contribution in [1.29, 1.82) is 0 Å². The molecule has 2 heterocycles. The predicted octanol–water partition coefficient (Wildman–Crippen LogP) is 0.867. The van der Waals surface area contributed by atoms with E-state index in [1.54, 1.807) is 6.20 Å². The van der Waals surface area contributed by atoms with Gasteiger partial charge in [0.1, 0.15) is 6.04 Å². The van der Waals surface area contributed by atoms with Gasteiger partial charge >= 0.3 is 5.97 Å². The molecule has 1 fully saturated rings. The first kappa shape index (κ1) is 16.3. The van der Waals surface area contributed by atoms with E-state index in [0.29, 0.717) is 25.3 Å². The second kappa shape index (κ2) is 7.35. The maximum absolute atomic E-state index is 12.2. The number of aromatic nitrogens is 2. The Morgan fingerprint density at radius 1 is 1.38 bits per heavy atom. The topological polar surface area (TPSA) is 90.4 Å². The van der Waals surface area contributed by atoms with Gasteiger partial charge in [0, 0.05) is 19.2 Å². The van der Waals surface area contributed by atoms with E-state index in [9.17, 15) is 9.59 Å². The van der Waals surface area contributed by atoms with Crippen LogP contribution in [-0.2, 0) is 25.5 Å². The van der Waals surface area contributed by atoms with Gasteiger partial charge in [-0.05, 0) is 18.6 Å². The minimum Gasteiger partial charge on any atom is -0.467 e. The molecule has 0 spiro atoms. The summed E-state index contributed by atoms with van der Waals surface area (Å²) >= 11 is 0. The van der Waals surface area contributed by atoms with Crippen molar-refractivity contribution in [2.45, 2.75) is 18.9 Å². The number of hydrogen-bond donors (Lipinski definition) is 1. The highest BCUT2D eigenvalue weighted by Crippen LogP contribution is 2.14. The van der Waals surface area contributed by atoms with Crippen molar-refractivity contribution in [2.75, 3.05) is 20.3 Å². The van der Waals surface area contributed by atoms with Gasteiger partial charge in [0.25, 0.3) is 0 Å². The van der Waals surface area contributed by atoms with E-state index in [0.717, 1.165) is 11.0 Å². The Hall–Kier alpha value is -2.54. The van der Waals surface area contributed by atoms with E-state index < -0.39 is 12.0 Å². The van der Waals surface area contributed by atoms with Crippen LogP contribution in [0, 0.1) is 5.92 Å². The minimum atomic E-state index is -0.793. The molecule has 1 aliphatic heterocycles. The Balaban J connectivity index is 1.75. The van der Waals surface area contributed by atoms with Crippen molar-refractivity contribution in [1.82, 2.24) is 15.3 Å². The third-order valence-electron chi connectivity index (χ3n) is 4.01. The highest BCUT2D eigenvalue weighted by atomic mass is 16.5. The Bertz CT molecular complexity index is 743. The number of ether oxygens (including phenoxy) is 2. The van der Waals surface area contributed by atoms with E-state index >= 15 is 0 Å². The number of esters is 1. The summed E-state index contributed by atoms with van der Waals surface area (Å²) in [6.07, 6.45) is 2.50. The lowest BCUT2D eigenvalue weighted by molar-refractivity contribution is -0.145. The first-order chi connectivity index (χ1) is 11.7. The highest BCUT2D eigenvalue weighted by molar-refractivity contribution is 5.86. The van der Waals surface area contributed by atoms with Crippen molar-refractivity contribution in [3.8, 4) is 0 Å². The van der Waals surface area contributed by atoms with Gasteiger partial charge in [0.15, 0.2) is 0 Å². The summed E-state index contributed by atoms with van der Waals surface area (Å²) in [6, 6.07) is 6.69. The largest absolute Gasteiger partial charge is 0.467 e. The van der Waals surface area contributed by atoms with Crippen molar-refractivity contribution < 1.29 is 19.1 Å². The van der Waals surface area contributed by atoms with Crippen molar-refractivity contribution in [3.05, 3.63) is 36.2 Å². The molecule has 0 saturated carbocycles. The number of benzene rings is 1. The highest BCUT2D eigenvalue weighted by Gasteiger charge is 2.29. The smallest absolute Gasteiger partial charge is 0.328 e. The van der Waals surface area contributed by atoms with E-state index in [1.165, 1.54) is 7.11 Å². The number of para-hydroxylation sites is 2. The molecule has 126 valence electrons. The molecule has 1 N–H and O–H groups in total. The molecule has 2 aromatic rings.